The predicted octanol–water partition coefficient (Wildman–Crippen LogP) is 4.17. The van der Waals surface area contributed by atoms with E-state index >= 15 is 0 Å². The van der Waals surface area contributed by atoms with Gasteiger partial charge in [-0.25, -0.2) is 0 Å². The van der Waals surface area contributed by atoms with Crippen LogP contribution in [-0.4, -0.2) is 12.1 Å². The minimum Gasteiger partial charge on any atom is -0.381 e. The summed E-state index contributed by atoms with van der Waals surface area (Å²) in [5.74, 6) is 0.955. The SMILES string of the molecule is CCC1CCC2(CC1)CNc1ccc(C)cc1N2. The second-order valence-corrected chi connectivity index (χ2v) is 6.16. The lowest BCUT2D eigenvalue weighted by Gasteiger charge is -2.45. The molecule has 2 N–H and O–H groups in total. The first-order chi connectivity index (χ1) is 8.71. The standard InChI is InChI=1S/C16H24N2/c1-3-13-6-8-16(9-7-13)11-17-14-5-4-12(2)10-15(14)18-16/h4-5,10,13,17-18H,3,6-9,11H2,1-2H3. The number of anilines is 2. The van der Waals surface area contributed by atoms with Crippen molar-refractivity contribution < 1.29 is 0 Å². The molecule has 1 fully saturated rings. The Hall–Kier alpha value is -1.18. The summed E-state index contributed by atoms with van der Waals surface area (Å²) < 4.78 is 0. The Kier molecular flexibility index (Phi) is 2.96. The van der Waals surface area contributed by atoms with Crippen LogP contribution in [0.1, 0.15) is 44.6 Å². The van der Waals surface area contributed by atoms with Gasteiger partial charge in [0.1, 0.15) is 0 Å². The van der Waals surface area contributed by atoms with Crippen LogP contribution in [0.2, 0.25) is 0 Å². The van der Waals surface area contributed by atoms with Crippen LogP contribution in [0, 0.1) is 12.8 Å². The summed E-state index contributed by atoms with van der Waals surface area (Å²) in [5, 5.41) is 7.46. The third-order valence-corrected chi connectivity index (χ3v) is 4.83. The smallest absolute Gasteiger partial charge is 0.0583 e. The lowest BCUT2D eigenvalue weighted by molar-refractivity contribution is 0.255. The van der Waals surface area contributed by atoms with Crippen molar-refractivity contribution in [1.82, 2.24) is 0 Å². The Morgan fingerprint density at radius 3 is 2.72 bits per heavy atom. The van der Waals surface area contributed by atoms with Crippen molar-refractivity contribution >= 4 is 11.4 Å². The molecular weight excluding hydrogens is 220 g/mol. The molecule has 1 heterocycles. The third kappa shape index (κ3) is 2.09. The summed E-state index contributed by atoms with van der Waals surface area (Å²) in [6, 6.07) is 6.65. The van der Waals surface area contributed by atoms with Crippen LogP contribution in [0.5, 0.6) is 0 Å². The van der Waals surface area contributed by atoms with E-state index in [2.05, 4.69) is 42.7 Å². The van der Waals surface area contributed by atoms with E-state index in [0.29, 0.717) is 5.54 Å². The zero-order valence-corrected chi connectivity index (χ0v) is 11.6. The van der Waals surface area contributed by atoms with Gasteiger partial charge >= 0.3 is 0 Å². The molecule has 0 bridgehead atoms. The summed E-state index contributed by atoms with van der Waals surface area (Å²) in [6.07, 6.45) is 6.73. The molecule has 0 radical (unpaired) electrons. The molecule has 2 nitrogen and oxygen atoms in total. The van der Waals surface area contributed by atoms with Gasteiger partial charge in [-0.1, -0.05) is 19.4 Å². The number of aryl methyl sites for hydroxylation is 1. The Labute approximate surface area is 110 Å². The highest BCUT2D eigenvalue weighted by molar-refractivity contribution is 5.73. The first-order valence-corrected chi connectivity index (χ1v) is 7.33. The van der Waals surface area contributed by atoms with Crippen molar-refractivity contribution in [2.45, 2.75) is 51.5 Å². The predicted molar refractivity (Wildman–Crippen MR) is 78.3 cm³/mol. The van der Waals surface area contributed by atoms with E-state index in [9.17, 15) is 0 Å². The van der Waals surface area contributed by atoms with Gasteiger partial charge in [0.25, 0.3) is 0 Å². The molecule has 1 aromatic rings. The summed E-state index contributed by atoms with van der Waals surface area (Å²) in [4.78, 5) is 0. The van der Waals surface area contributed by atoms with Crippen LogP contribution in [0.15, 0.2) is 18.2 Å². The molecule has 18 heavy (non-hydrogen) atoms. The highest BCUT2D eigenvalue weighted by Gasteiger charge is 2.37. The number of hydrogen-bond acceptors (Lipinski definition) is 2. The molecule has 1 aromatic carbocycles. The normalized spacial score (nSPS) is 30.4. The van der Waals surface area contributed by atoms with Crippen molar-refractivity contribution in [1.29, 1.82) is 0 Å². The lowest BCUT2D eigenvalue weighted by atomic mass is 9.74. The molecule has 0 atom stereocenters. The molecule has 2 aliphatic rings. The first-order valence-electron chi connectivity index (χ1n) is 7.33. The fraction of sp³-hybridized carbons (Fsp3) is 0.625. The van der Waals surface area contributed by atoms with E-state index in [1.54, 1.807) is 0 Å². The van der Waals surface area contributed by atoms with Crippen molar-refractivity contribution in [3.8, 4) is 0 Å². The molecule has 1 aliphatic carbocycles. The Morgan fingerprint density at radius 2 is 2.00 bits per heavy atom. The van der Waals surface area contributed by atoms with Gasteiger partial charge in [0.2, 0.25) is 0 Å². The van der Waals surface area contributed by atoms with Gasteiger partial charge in [-0.2, -0.15) is 0 Å². The molecule has 2 heteroatoms. The summed E-state index contributed by atoms with van der Waals surface area (Å²) in [5.41, 5.74) is 4.22. The van der Waals surface area contributed by atoms with E-state index in [1.165, 1.54) is 49.0 Å². The van der Waals surface area contributed by atoms with Crippen LogP contribution in [0.3, 0.4) is 0 Å². The molecule has 0 saturated heterocycles. The third-order valence-electron chi connectivity index (χ3n) is 4.83. The molecule has 0 unspecified atom stereocenters. The lowest BCUT2D eigenvalue weighted by Crippen LogP contribution is -2.50. The second kappa shape index (κ2) is 4.49. The van der Waals surface area contributed by atoms with Gasteiger partial charge in [-0.15, -0.1) is 0 Å². The molecule has 98 valence electrons. The van der Waals surface area contributed by atoms with E-state index < -0.39 is 0 Å². The summed E-state index contributed by atoms with van der Waals surface area (Å²) in [7, 11) is 0. The van der Waals surface area contributed by atoms with E-state index in [1.807, 2.05) is 0 Å². The van der Waals surface area contributed by atoms with Crippen molar-refractivity contribution in [2.24, 2.45) is 5.92 Å². The molecule has 0 aromatic heterocycles. The van der Waals surface area contributed by atoms with Crippen molar-refractivity contribution in [3.05, 3.63) is 23.8 Å². The Bertz CT molecular complexity index is 431. The maximum Gasteiger partial charge on any atom is 0.0583 e. The fourth-order valence-corrected chi connectivity index (χ4v) is 3.45. The number of fused-ring (bicyclic) bond motifs is 1. The summed E-state index contributed by atoms with van der Waals surface area (Å²) in [6.45, 7) is 5.57. The highest BCUT2D eigenvalue weighted by Crippen LogP contribution is 2.40. The monoisotopic (exact) mass is 244 g/mol. The zero-order chi connectivity index (χ0) is 12.6. The largest absolute Gasteiger partial charge is 0.381 e. The fourth-order valence-electron chi connectivity index (χ4n) is 3.45. The average Bonchev–Trinajstić information content (AvgIpc) is 2.39. The van der Waals surface area contributed by atoms with Gasteiger partial charge in [0, 0.05) is 6.54 Å². The van der Waals surface area contributed by atoms with Crippen LogP contribution in [0.25, 0.3) is 0 Å². The molecule has 3 rings (SSSR count). The van der Waals surface area contributed by atoms with E-state index in [4.69, 9.17) is 0 Å². The quantitative estimate of drug-likeness (QED) is 0.774. The topological polar surface area (TPSA) is 24.1 Å². The highest BCUT2D eigenvalue weighted by atomic mass is 15.1. The zero-order valence-electron chi connectivity index (χ0n) is 11.6. The van der Waals surface area contributed by atoms with Crippen LogP contribution in [0.4, 0.5) is 11.4 Å². The molecule has 1 saturated carbocycles. The van der Waals surface area contributed by atoms with Gasteiger partial charge < -0.3 is 10.6 Å². The number of rotatable bonds is 1. The van der Waals surface area contributed by atoms with Crippen LogP contribution < -0.4 is 10.6 Å². The average molecular weight is 244 g/mol. The Balaban J connectivity index is 1.78. The van der Waals surface area contributed by atoms with Gasteiger partial charge in [0.05, 0.1) is 16.9 Å². The van der Waals surface area contributed by atoms with Crippen molar-refractivity contribution in [2.75, 3.05) is 17.2 Å². The van der Waals surface area contributed by atoms with Crippen LogP contribution >= 0.6 is 0 Å². The molecule has 1 spiro atoms. The molecule has 0 amide bonds. The number of benzene rings is 1. The number of nitrogens with one attached hydrogen (secondary N) is 2. The van der Waals surface area contributed by atoms with Crippen LogP contribution in [-0.2, 0) is 0 Å². The number of hydrogen-bond donors (Lipinski definition) is 2. The maximum atomic E-state index is 3.84. The van der Waals surface area contributed by atoms with E-state index in [-0.39, 0.29) is 0 Å². The van der Waals surface area contributed by atoms with Gasteiger partial charge in [-0.05, 0) is 56.2 Å². The maximum absolute atomic E-state index is 3.84. The second-order valence-electron chi connectivity index (χ2n) is 6.16. The van der Waals surface area contributed by atoms with Gasteiger partial charge in [0.15, 0.2) is 0 Å². The van der Waals surface area contributed by atoms with Gasteiger partial charge in [-0.3, -0.25) is 0 Å². The minimum absolute atomic E-state index is 0.312. The summed E-state index contributed by atoms with van der Waals surface area (Å²) >= 11 is 0. The van der Waals surface area contributed by atoms with Crippen molar-refractivity contribution in [3.63, 3.8) is 0 Å². The first kappa shape index (κ1) is 11.9. The minimum atomic E-state index is 0.312. The van der Waals surface area contributed by atoms with E-state index in [0.717, 1.165) is 12.5 Å². The molecule has 1 aliphatic heterocycles. The Morgan fingerprint density at radius 1 is 1.22 bits per heavy atom. The molecular formula is C16H24N2.